The van der Waals surface area contributed by atoms with Gasteiger partial charge >= 0.3 is 0 Å². The molecule has 1 saturated carbocycles. The third kappa shape index (κ3) is 2.33. The van der Waals surface area contributed by atoms with Crippen molar-refractivity contribution < 1.29 is 0 Å². The normalized spacial score (nSPS) is 39.6. The molecule has 4 atom stereocenters. The molecule has 0 radical (unpaired) electrons. The highest BCUT2D eigenvalue weighted by molar-refractivity contribution is 5.18. The monoisotopic (exact) mass is 261 g/mol. The summed E-state index contributed by atoms with van der Waals surface area (Å²) >= 11 is 0. The molecule has 2 aliphatic rings. The molecule has 2 heterocycles. The number of rotatable bonds is 2. The van der Waals surface area contributed by atoms with Gasteiger partial charge in [0.15, 0.2) is 0 Å². The van der Waals surface area contributed by atoms with E-state index in [2.05, 4.69) is 48.2 Å². The van der Waals surface area contributed by atoms with Gasteiger partial charge in [0.05, 0.1) is 6.33 Å². The Morgan fingerprint density at radius 3 is 2.89 bits per heavy atom. The number of aromatic nitrogens is 2. The Kier molecular flexibility index (Phi) is 3.42. The second-order valence-corrected chi connectivity index (χ2v) is 7.14. The van der Waals surface area contributed by atoms with E-state index in [1.165, 1.54) is 31.4 Å². The summed E-state index contributed by atoms with van der Waals surface area (Å²) in [6, 6.07) is 0.658. The molecule has 19 heavy (non-hydrogen) atoms. The molecule has 3 nitrogen and oxygen atoms in total. The molecule has 1 aliphatic carbocycles. The first-order chi connectivity index (χ1) is 9.10. The van der Waals surface area contributed by atoms with Gasteiger partial charge in [-0.25, -0.2) is 4.98 Å². The van der Waals surface area contributed by atoms with Crippen LogP contribution in [0.2, 0.25) is 0 Å². The fraction of sp³-hybridized carbons (Fsp3) is 0.812. The van der Waals surface area contributed by atoms with Gasteiger partial charge in [0.25, 0.3) is 0 Å². The second kappa shape index (κ2) is 4.93. The first-order valence-corrected chi connectivity index (χ1v) is 7.83. The Hall–Kier alpha value is -0.830. The van der Waals surface area contributed by atoms with Gasteiger partial charge in [-0.05, 0) is 44.1 Å². The van der Waals surface area contributed by atoms with Crippen LogP contribution >= 0.6 is 0 Å². The van der Waals surface area contributed by atoms with Crippen LogP contribution in [0, 0.1) is 11.8 Å². The lowest BCUT2D eigenvalue weighted by Gasteiger charge is -2.36. The summed E-state index contributed by atoms with van der Waals surface area (Å²) in [5.41, 5.74) is 1.73. The van der Waals surface area contributed by atoms with Crippen molar-refractivity contribution in [2.24, 2.45) is 11.8 Å². The lowest BCUT2D eigenvalue weighted by atomic mass is 9.78. The van der Waals surface area contributed by atoms with E-state index in [1.807, 2.05) is 0 Å². The molecule has 0 amide bonds. The van der Waals surface area contributed by atoms with Crippen molar-refractivity contribution >= 4 is 0 Å². The second-order valence-electron chi connectivity index (χ2n) is 7.14. The van der Waals surface area contributed by atoms with Gasteiger partial charge in [-0.1, -0.05) is 20.8 Å². The summed E-state index contributed by atoms with van der Waals surface area (Å²) in [4.78, 5) is 4.48. The molecule has 0 bridgehead atoms. The molecular weight excluding hydrogens is 234 g/mol. The Balaban J connectivity index is 1.87. The molecule has 0 aromatic carbocycles. The van der Waals surface area contributed by atoms with E-state index in [-0.39, 0.29) is 5.41 Å². The smallest absolute Gasteiger partial charge is 0.0951 e. The van der Waals surface area contributed by atoms with Gasteiger partial charge in [0, 0.05) is 29.9 Å². The van der Waals surface area contributed by atoms with Crippen LogP contribution < -0.4 is 5.32 Å². The largest absolute Gasteiger partial charge is 0.331 e. The topological polar surface area (TPSA) is 29.9 Å². The summed E-state index contributed by atoms with van der Waals surface area (Å²) in [6.45, 7) is 9.43. The zero-order chi connectivity index (χ0) is 13.5. The molecule has 1 aromatic heterocycles. The maximum Gasteiger partial charge on any atom is 0.0951 e. The molecule has 1 aromatic rings. The Bertz CT molecular complexity index is 431. The molecule has 3 heteroatoms. The predicted octanol–water partition coefficient (Wildman–Crippen LogP) is 3.13. The number of nitrogens with zero attached hydrogens (tertiary/aromatic N) is 2. The van der Waals surface area contributed by atoms with Crippen molar-refractivity contribution in [2.75, 3.05) is 13.1 Å². The predicted molar refractivity (Wildman–Crippen MR) is 78.3 cm³/mol. The van der Waals surface area contributed by atoms with Crippen LogP contribution in [-0.2, 0) is 5.41 Å². The number of nitrogens with one attached hydrogen (secondary N) is 1. The standard InChI is InChI=1S/C16H27N3/c1-12-4-5-14(13(2)8-12)19-11-18-9-15(19)16(3)6-7-17-10-16/h9,11-14,17H,4-8,10H2,1-3H3. The molecule has 1 saturated heterocycles. The SMILES string of the molecule is CC1CCC(n2cncc2C2(C)CCNC2)C(C)C1. The van der Waals surface area contributed by atoms with Crippen molar-refractivity contribution in [3.63, 3.8) is 0 Å². The quantitative estimate of drug-likeness (QED) is 0.886. The van der Waals surface area contributed by atoms with Crippen LogP contribution in [0.15, 0.2) is 12.5 Å². The van der Waals surface area contributed by atoms with Crippen LogP contribution in [0.25, 0.3) is 0 Å². The fourth-order valence-electron chi connectivity index (χ4n) is 4.13. The number of imidazole rings is 1. The first-order valence-electron chi connectivity index (χ1n) is 7.83. The van der Waals surface area contributed by atoms with E-state index in [0.29, 0.717) is 6.04 Å². The average molecular weight is 261 g/mol. The van der Waals surface area contributed by atoms with Crippen LogP contribution in [0.1, 0.15) is 58.2 Å². The lowest BCUT2D eigenvalue weighted by molar-refractivity contribution is 0.200. The zero-order valence-corrected chi connectivity index (χ0v) is 12.5. The summed E-state index contributed by atoms with van der Waals surface area (Å²) in [7, 11) is 0. The first kappa shape index (κ1) is 13.2. The van der Waals surface area contributed by atoms with Crippen LogP contribution in [0.4, 0.5) is 0 Å². The van der Waals surface area contributed by atoms with Crippen molar-refractivity contribution in [1.29, 1.82) is 0 Å². The third-order valence-electron chi connectivity index (χ3n) is 5.40. The summed E-state index contributed by atoms with van der Waals surface area (Å²) in [5, 5.41) is 3.51. The Labute approximate surface area is 116 Å². The minimum Gasteiger partial charge on any atom is -0.331 e. The Morgan fingerprint density at radius 2 is 2.21 bits per heavy atom. The summed E-state index contributed by atoms with van der Waals surface area (Å²) in [6.07, 6.45) is 9.46. The van der Waals surface area contributed by atoms with Crippen molar-refractivity contribution in [2.45, 2.75) is 57.9 Å². The van der Waals surface area contributed by atoms with Gasteiger partial charge in [-0.15, -0.1) is 0 Å². The zero-order valence-electron chi connectivity index (χ0n) is 12.5. The van der Waals surface area contributed by atoms with E-state index in [0.717, 1.165) is 24.9 Å². The van der Waals surface area contributed by atoms with E-state index in [1.54, 1.807) is 0 Å². The molecule has 0 spiro atoms. The Morgan fingerprint density at radius 1 is 1.37 bits per heavy atom. The van der Waals surface area contributed by atoms with Crippen molar-refractivity contribution in [3.8, 4) is 0 Å². The maximum atomic E-state index is 4.48. The highest BCUT2D eigenvalue weighted by Gasteiger charge is 2.36. The fourth-order valence-corrected chi connectivity index (χ4v) is 4.13. The lowest BCUT2D eigenvalue weighted by Crippen LogP contribution is -2.32. The molecular formula is C16H27N3. The molecule has 1 N–H and O–H groups in total. The van der Waals surface area contributed by atoms with Crippen LogP contribution in [-0.4, -0.2) is 22.6 Å². The van der Waals surface area contributed by atoms with Gasteiger partial charge in [-0.2, -0.15) is 0 Å². The van der Waals surface area contributed by atoms with Gasteiger partial charge in [0.2, 0.25) is 0 Å². The molecule has 2 fully saturated rings. The molecule has 1 aliphatic heterocycles. The van der Waals surface area contributed by atoms with Crippen LogP contribution in [0.5, 0.6) is 0 Å². The maximum absolute atomic E-state index is 4.48. The summed E-state index contributed by atoms with van der Waals surface area (Å²) < 4.78 is 2.50. The summed E-state index contributed by atoms with van der Waals surface area (Å²) in [5.74, 6) is 1.66. The van der Waals surface area contributed by atoms with Crippen LogP contribution in [0.3, 0.4) is 0 Å². The van der Waals surface area contributed by atoms with E-state index in [9.17, 15) is 0 Å². The third-order valence-corrected chi connectivity index (χ3v) is 5.40. The highest BCUT2D eigenvalue weighted by atomic mass is 15.1. The van der Waals surface area contributed by atoms with E-state index in [4.69, 9.17) is 0 Å². The van der Waals surface area contributed by atoms with Gasteiger partial charge < -0.3 is 9.88 Å². The average Bonchev–Trinajstić information content (AvgIpc) is 2.98. The number of hydrogen-bond acceptors (Lipinski definition) is 2. The van der Waals surface area contributed by atoms with Gasteiger partial charge in [0.1, 0.15) is 0 Å². The van der Waals surface area contributed by atoms with Gasteiger partial charge in [-0.3, -0.25) is 0 Å². The van der Waals surface area contributed by atoms with E-state index < -0.39 is 0 Å². The number of hydrogen-bond donors (Lipinski definition) is 1. The minimum absolute atomic E-state index is 0.277. The van der Waals surface area contributed by atoms with E-state index >= 15 is 0 Å². The highest BCUT2D eigenvalue weighted by Crippen LogP contribution is 2.40. The minimum atomic E-state index is 0.277. The van der Waals surface area contributed by atoms with Crippen molar-refractivity contribution in [3.05, 3.63) is 18.2 Å². The molecule has 4 unspecified atom stereocenters. The van der Waals surface area contributed by atoms with Crippen molar-refractivity contribution in [1.82, 2.24) is 14.9 Å². The molecule has 3 rings (SSSR count). The molecule has 106 valence electrons.